The van der Waals surface area contributed by atoms with Gasteiger partial charge in [-0.1, -0.05) is 0 Å². The second-order valence-electron chi connectivity index (χ2n) is 4.50. The summed E-state index contributed by atoms with van der Waals surface area (Å²) in [4.78, 5) is 17.2. The molecule has 0 N–H and O–H groups in total. The fraction of sp³-hybridized carbons (Fsp3) is 0.583. The zero-order valence-corrected chi connectivity index (χ0v) is 13.4. The normalized spacial score (nSPS) is 21.3. The lowest BCUT2D eigenvalue weighted by atomic mass is 10.2. The minimum atomic E-state index is 0.0436. The van der Waals surface area contributed by atoms with Gasteiger partial charge in [-0.3, -0.25) is 9.69 Å². The van der Waals surface area contributed by atoms with E-state index in [9.17, 15) is 4.79 Å². The van der Waals surface area contributed by atoms with Crippen LogP contribution in [0.1, 0.15) is 11.8 Å². The lowest BCUT2D eigenvalue weighted by Crippen LogP contribution is -2.53. The average Bonchev–Trinajstić information content (AvgIpc) is 2.76. The molecular formula is C12H16BrClN2OS. The van der Waals surface area contributed by atoms with Crippen LogP contribution in [0.15, 0.2) is 15.9 Å². The summed E-state index contributed by atoms with van der Waals surface area (Å²) in [5.74, 6) is 0.131. The lowest BCUT2D eigenvalue weighted by molar-refractivity contribution is -0.131. The Labute approximate surface area is 125 Å². The molecule has 1 aliphatic heterocycles. The number of alkyl halides is 1. The number of halogens is 2. The van der Waals surface area contributed by atoms with Crippen LogP contribution in [-0.4, -0.2) is 47.3 Å². The zero-order chi connectivity index (χ0) is 13.1. The topological polar surface area (TPSA) is 23.6 Å². The molecule has 0 aromatic carbocycles. The molecule has 0 aliphatic carbocycles. The van der Waals surface area contributed by atoms with Gasteiger partial charge in [0.05, 0.1) is 3.79 Å². The quantitative estimate of drug-likeness (QED) is 0.782. The fourth-order valence-corrected chi connectivity index (χ4v) is 3.86. The van der Waals surface area contributed by atoms with Gasteiger partial charge in [-0.05, 0) is 35.0 Å². The van der Waals surface area contributed by atoms with E-state index in [1.165, 1.54) is 8.66 Å². The smallest absolute Gasteiger partial charge is 0.237 e. The first-order valence-electron chi connectivity index (χ1n) is 5.92. The molecule has 2 rings (SSSR count). The van der Waals surface area contributed by atoms with Crippen LogP contribution >= 0.6 is 38.9 Å². The predicted molar refractivity (Wildman–Crippen MR) is 79.2 cm³/mol. The first-order valence-corrected chi connectivity index (χ1v) is 8.06. The number of hydrogen-bond acceptors (Lipinski definition) is 3. The highest BCUT2D eigenvalue weighted by atomic mass is 79.9. The molecule has 18 heavy (non-hydrogen) atoms. The summed E-state index contributed by atoms with van der Waals surface area (Å²) in [6.45, 7) is 5.59. The Morgan fingerprint density at radius 3 is 2.89 bits per heavy atom. The molecule has 1 fully saturated rings. The molecule has 1 aromatic rings. The number of thiophene rings is 1. The van der Waals surface area contributed by atoms with E-state index in [4.69, 9.17) is 11.6 Å². The Bertz CT molecular complexity index is 426. The lowest BCUT2D eigenvalue weighted by Gasteiger charge is -2.39. The summed E-state index contributed by atoms with van der Waals surface area (Å²) in [5.41, 5.74) is 0. The third-order valence-electron chi connectivity index (χ3n) is 3.22. The highest BCUT2D eigenvalue weighted by molar-refractivity contribution is 9.11. The molecule has 0 bridgehead atoms. The van der Waals surface area contributed by atoms with Crippen molar-refractivity contribution in [1.29, 1.82) is 0 Å². The van der Waals surface area contributed by atoms with Crippen molar-refractivity contribution in [3.63, 3.8) is 0 Å². The maximum atomic E-state index is 11.6. The van der Waals surface area contributed by atoms with E-state index in [2.05, 4.69) is 39.9 Å². The van der Waals surface area contributed by atoms with Crippen LogP contribution < -0.4 is 0 Å². The molecule has 1 aromatic heterocycles. The standard InChI is InChI=1S/C12H16BrClN2OS/c1-9-7-16(12(17)6-14)5-4-15(9)8-10-2-3-11(13)18-10/h2-3,9H,4-8H2,1H3. The van der Waals surface area contributed by atoms with Crippen LogP contribution in [0.4, 0.5) is 0 Å². The molecule has 1 atom stereocenters. The van der Waals surface area contributed by atoms with Gasteiger partial charge in [-0.2, -0.15) is 0 Å². The Balaban J connectivity index is 1.91. The molecule has 2 heterocycles. The number of hydrogen-bond donors (Lipinski definition) is 0. The number of amides is 1. The first-order chi connectivity index (χ1) is 8.60. The number of carbonyl (C=O) groups excluding carboxylic acids is 1. The molecule has 1 aliphatic rings. The van der Waals surface area contributed by atoms with Gasteiger partial charge in [0.2, 0.25) is 5.91 Å². The van der Waals surface area contributed by atoms with Gasteiger partial charge < -0.3 is 4.90 Å². The highest BCUT2D eigenvalue weighted by Gasteiger charge is 2.26. The van der Waals surface area contributed by atoms with E-state index < -0.39 is 0 Å². The van der Waals surface area contributed by atoms with Crippen molar-refractivity contribution in [2.24, 2.45) is 0 Å². The monoisotopic (exact) mass is 350 g/mol. The van der Waals surface area contributed by atoms with Gasteiger partial charge >= 0.3 is 0 Å². The van der Waals surface area contributed by atoms with Gasteiger partial charge in [0.15, 0.2) is 0 Å². The maximum Gasteiger partial charge on any atom is 0.237 e. The van der Waals surface area contributed by atoms with Gasteiger partial charge in [-0.25, -0.2) is 0 Å². The van der Waals surface area contributed by atoms with E-state index >= 15 is 0 Å². The Kier molecular flexibility index (Phi) is 5.06. The SMILES string of the molecule is CC1CN(C(=O)CCl)CCN1Cc1ccc(Br)s1. The van der Waals surface area contributed by atoms with Crippen molar-refractivity contribution in [3.8, 4) is 0 Å². The molecule has 3 nitrogen and oxygen atoms in total. The van der Waals surface area contributed by atoms with Crippen molar-refractivity contribution in [2.45, 2.75) is 19.5 Å². The Hall–Kier alpha value is -0.100. The molecule has 100 valence electrons. The van der Waals surface area contributed by atoms with E-state index in [1.807, 2.05) is 4.90 Å². The molecule has 1 unspecified atom stereocenters. The van der Waals surface area contributed by atoms with E-state index in [0.717, 1.165) is 26.2 Å². The minimum Gasteiger partial charge on any atom is -0.339 e. The molecular weight excluding hydrogens is 336 g/mol. The molecule has 1 saturated heterocycles. The summed E-state index contributed by atoms with van der Waals surface area (Å²) in [6.07, 6.45) is 0. The van der Waals surface area contributed by atoms with E-state index in [-0.39, 0.29) is 11.8 Å². The second kappa shape index (κ2) is 6.37. The summed E-state index contributed by atoms with van der Waals surface area (Å²) in [7, 11) is 0. The van der Waals surface area contributed by atoms with Crippen LogP contribution in [-0.2, 0) is 11.3 Å². The summed E-state index contributed by atoms with van der Waals surface area (Å²) in [6, 6.07) is 4.61. The van der Waals surface area contributed by atoms with Crippen LogP contribution in [0.2, 0.25) is 0 Å². The summed E-state index contributed by atoms with van der Waals surface area (Å²) < 4.78 is 1.17. The minimum absolute atomic E-state index is 0.0436. The third-order valence-corrected chi connectivity index (χ3v) is 5.06. The van der Waals surface area contributed by atoms with Crippen molar-refractivity contribution >= 4 is 44.8 Å². The number of carbonyl (C=O) groups is 1. The largest absolute Gasteiger partial charge is 0.339 e. The molecule has 1 amide bonds. The van der Waals surface area contributed by atoms with Crippen molar-refractivity contribution in [1.82, 2.24) is 9.80 Å². The zero-order valence-electron chi connectivity index (χ0n) is 10.2. The molecule has 0 spiro atoms. The first kappa shape index (κ1) is 14.3. The molecule has 0 saturated carbocycles. The number of nitrogens with zero attached hydrogens (tertiary/aromatic N) is 2. The number of rotatable bonds is 3. The predicted octanol–water partition coefficient (Wildman–Crippen LogP) is 2.78. The fourth-order valence-electron chi connectivity index (χ4n) is 2.18. The van der Waals surface area contributed by atoms with Crippen LogP contribution in [0.5, 0.6) is 0 Å². The third kappa shape index (κ3) is 3.47. The van der Waals surface area contributed by atoms with Crippen LogP contribution in [0.25, 0.3) is 0 Å². The van der Waals surface area contributed by atoms with Gasteiger partial charge in [0.1, 0.15) is 5.88 Å². The van der Waals surface area contributed by atoms with Gasteiger partial charge in [0, 0.05) is 37.1 Å². The highest BCUT2D eigenvalue weighted by Crippen LogP contribution is 2.24. The summed E-state index contributed by atoms with van der Waals surface area (Å²) in [5, 5.41) is 0. The van der Waals surface area contributed by atoms with Crippen molar-refractivity contribution < 1.29 is 4.79 Å². The van der Waals surface area contributed by atoms with E-state index in [1.54, 1.807) is 11.3 Å². The maximum absolute atomic E-state index is 11.6. The number of piperazine rings is 1. The molecule has 0 radical (unpaired) electrons. The van der Waals surface area contributed by atoms with E-state index in [0.29, 0.717) is 6.04 Å². The van der Waals surface area contributed by atoms with Crippen LogP contribution in [0, 0.1) is 0 Å². The molecule has 6 heteroatoms. The summed E-state index contributed by atoms with van der Waals surface area (Å²) >= 11 is 10.8. The van der Waals surface area contributed by atoms with Gasteiger partial charge in [-0.15, -0.1) is 22.9 Å². The average molecular weight is 352 g/mol. The van der Waals surface area contributed by atoms with Crippen molar-refractivity contribution in [2.75, 3.05) is 25.5 Å². The van der Waals surface area contributed by atoms with Crippen LogP contribution in [0.3, 0.4) is 0 Å². The van der Waals surface area contributed by atoms with Gasteiger partial charge in [0.25, 0.3) is 0 Å². The van der Waals surface area contributed by atoms with Crippen molar-refractivity contribution in [3.05, 3.63) is 20.8 Å². The Morgan fingerprint density at radius 1 is 1.56 bits per heavy atom. The second-order valence-corrected chi connectivity index (χ2v) is 7.31. The Morgan fingerprint density at radius 2 is 2.33 bits per heavy atom.